The van der Waals surface area contributed by atoms with Crippen molar-refractivity contribution < 1.29 is 119 Å². The van der Waals surface area contributed by atoms with Crippen LogP contribution < -0.4 is 0 Å². The maximum Gasteiger partial charge on any atom is 0.335 e. The molecule has 0 aromatic carbocycles. The molecule has 14 N–H and O–H groups in total. The Morgan fingerprint density at radius 2 is 1.09 bits per heavy atom. The van der Waals surface area contributed by atoms with E-state index in [1.165, 1.54) is 0 Å². The third-order valence-corrected chi connectivity index (χ3v) is 20.7. The number of hydrogen-bond donors (Lipinski definition) is 14. The molecule has 440 valence electrons. The van der Waals surface area contributed by atoms with Crippen LogP contribution in [0, 0.1) is 44.8 Å². The average molecular weight is 1110 g/mol. The highest BCUT2D eigenvalue weighted by Crippen LogP contribution is 2.75. The first kappa shape index (κ1) is 59.7. The number of carboxylic acids is 1. The topological polar surface area (TPSA) is 391 Å². The summed E-state index contributed by atoms with van der Waals surface area (Å²) in [7, 11) is 0. The molecule has 0 spiro atoms. The number of aliphatic carboxylic acids is 1. The van der Waals surface area contributed by atoms with Gasteiger partial charge in [-0.15, -0.1) is 0 Å². The van der Waals surface area contributed by atoms with Gasteiger partial charge in [0.2, 0.25) is 0 Å². The van der Waals surface area contributed by atoms with Crippen molar-refractivity contribution in [1.82, 2.24) is 0 Å². The minimum atomic E-state index is -2.21. The molecule has 9 aliphatic rings. The second kappa shape index (κ2) is 21.3. The summed E-state index contributed by atoms with van der Waals surface area (Å²) in [6.45, 7) is 12.4. The standard InChI is InChI=1S/C53H84O24/c1-48(2)13-10-21-22(57)16-52(7)28(53(21,69)20-48)9-8-27-50(5)14-12-29(49(3,4)26(50)11-15-51(27,52)6)73-47-41(76-45-37(65)34(62)31(59)24(18-55)71-45)38(66)39(42(77-47)43(67)68)74-46-40(35(63)32(60)25(19-56)72-46)75-44-36(64)33(61)30(58)23(17-54)70-44/h9,21,23-27,29-42,44-47,54-56,58-66,69H,8,10-20H2,1-7H3,(H,67,68)/t21-,23-,24-,25-,26+,27-,29+,30-,31-,32-,33+,34+,35+,36-,37-,38+,39+,40-,41-,42+,44+,45+,46+,47-,50+,51-,52-,53+/m1/s1. The maximum absolute atomic E-state index is 14.2. The number of hydrogen-bond acceptors (Lipinski definition) is 23. The highest BCUT2D eigenvalue weighted by atomic mass is 16.8. The highest BCUT2D eigenvalue weighted by Gasteiger charge is 2.71. The Labute approximate surface area is 446 Å². The Bertz CT molecular complexity index is 2180. The van der Waals surface area contributed by atoms with E-state index in [9.17, 15) is 81.1 Å². The normalized spacial score (nSPS) is 53.5. The number of rotatable bonds is 12. The first-order chi connectivity index (χ1) is 35.9. The number of fused-ring (bicyclic) bond motifs is 7. The smallest absolute Gasteiger partial charge is 0.335 e. The molecule has 0 bridgehead atoms. The molecule has 0 aromatic rings. The monoisotopic (exact) mass is 1100 g/mol. The number of allylic oxidation sites excluding steroid dienone is 1. The van der Waals surface area contributed by atoms with Crippen LogP contribution >= 0.6 is 0 Å². The predicted octanol–water partition coefficient (Wildman–Crippen LogP) is -2.54. The van der Waals surface area contributed by atoms with E-state index >= 15 is 0 Å². The van der Waals surface area contributed by atoms with Crippen LogP contribution in [-0.4, -0.2) is 238 Å². The van der Waals surface area contributed by atoms with Gasteiger partial charge in [-0.1, -0.05) is 54.5 Å². The van der Waals surface area contributed by atoms with Gasteiger partial charge in [0.05, 0.1) is 37.4 Å². The van der Waals surface area contributed by atoms with Crippen LogP contribution in [0.5, 0.6) is 0 Å². The molecule has 24 nitrogen and oxygen atoms in total. The molecule has 4 saturated carbocycles. The molecular formula is C53H84O24. The minimum absolute atomic E-state index is 0.0517. The molecule has 77 heavy (non-hydrogen) atoms. The zero-order valence-corrected chi connectivity index (χ0v) is 44.8. The zero-order valence-electron chi connectivity index (χ0n) is 44.8. The molecule has 0 radical (unpaired) electrons. The second-order valence-corrected chi connectivity index (χ2v) is 25.9. The first-order valence-electron chi connectivity index (χ1n) is 27.3. The number of ether oxygens (including phenoxy) is 8. The SMILES string of the molecule is CC1(C)CC[C@@H]2C(=O)C[C@]3(C)C(=CC[C@@H]4[C@@]5(C)CC[C@H](O[C@@H]6O[C@H](C(=O)O)[C@@H](O[C@@H]7O[C@H](CO)[C@@H](O)[C@H](O)[C@H]7O[C@@H]7O[C@H](CO)[C@@H](O)[C@H](O)[C@H]7O)[C@H](O)[C@H]6O[C@@H]6O[C@H](CO)[C@@H](O)[C@H](O)[C@H]6O)C(C)(C)[C@@H]5CC[C@]43C)[C@]2(O)C1. The van der Waals surface area contributed by atoms with Crippen LogP contribution in [0.4, 0.5) is 0 Å². The number of carbonyl (C=O) groups is 2. The quantitative estimate of drug-likeness (QED) is 0.0707. The summed E-state index contributed by atoms with van der Waals surface area (Å²) in [6.07, 6.45) is -31.8. The molecule has 5 aliphatic carbocycles. The molecule has 0 amide bonds. The molecule has 4 heterocycles. The van der Waals surface area contributed by atoms with Gasteiger partial charge in [0.1, 0.15) is 97.3 Å². The molecule has 9 rings (SSSR count). The third-order valence-electron chi connectivity index (χ3n) is 20.7. The van der Waals surface area contributed by atoms with Gasteiger partial charge in [0, 0.05) is 11.8 Å². The number of aliphatic hydroxyl groups is 13. The van der Waals surface area contributed by atoms with Gasteiger partial charge >= 0.3 is 5.97 Å². The summed E-state index contributed by atoms with van der Waals surface area (Å²) < 4.78 is 48.1. The Balaban J connectivity index is 1.02. The van der Waals surface area contributed by atoms with Crippen LogP contribution in [0.3, 0.4) is 0 Å². The summed E-state index contributed by atoms with van der Waals surface area (Å²) in [5, 5.41) is 153. The molecule has 24 heteroatoms. The maximum atomic E-state index is 14.2. The number of carbonyl (C=O) groups excluding carboxylic acids is 1. The third kappa shape index (κ3) is 9.70. The van der Waals surface area contributed by atoms with Gasteiger partial charge in [-0.3, -0.25) is 4.79 Å². The van der Waals surface area contributed by atoms with Crippen LogP contribution in [0.25, 0.3) is 0 Å². The largest absolute Gasteiger partial charge is 0.479 e. The van der Waals surface area contributed by atoms with Gasteiger partial charge in [0.15, 0.2) is 31.3 Å². The summed E-state index contributed by atoms with van der Waals surface area (Å²) in [4.78, 5) is 27.6. The van der Waals surface area contributed by atoms with Crippen molar-refractivity contribution in [2.45, 2.75) is 241 Å². The van der Waals surface area contributed by atoms with Gasteiger partial charge in [-0.05, 0) is 90.4 Å². The van der Waals surface area contributed by atoms with E-state index in [1.807, 2.05) is 13.8 Å². The molecule has 0 aromatic heterocycles. The average Bonchev–Trinajstić information content (AvgIpc) is 3.44. The van der Waals surface area contributed by atoms with E-state index in [4.69, 9.17) is 37.9 Å². The summed E-state index contributed by atoms with van der Waals surface area (Å²) in [6, 6.07) is 0. The van der Waals surface area contributed by atoms with Crippen molar-refractivity contribution >= 4 is 11.8 Å². The molecule has 0 unspecified atom stereocenters. The van der Waals surface area contributed by atoms with Crippen LogP contribution in [0.2, 0.25) is 0 Å². The van der Waals surface area contributed by atoms with Crippen LogP contribution in [0.1, 0.15) is 106 Å². The van der Waals surface area contributed by atoms with E-state index in [0.29, 0.717) is 51.4 Å². The zero-order chi connectivity index (χ0) is 56.4. The van der Waals surface area contributed by atoms with Crippen molar-refractivity contribution in [2.24, 2.45) is 44.8 Å². The summed E-state index contributed by atoms with van der Waals surface area (Å²) in [5.41, 5.74) is -2.48. The van der Waals surface area contributed by atoms with Crippen LogP contribution in [0.15, 0.2) is 11.6 Å². The first-order valence-corrected chi connectivity index (χ1v) is 27.3. The van der Waals surface area contributed by atoms with Crippen molar-refractivity contribution in [1.29, 1.82) is 0 Å². The van der Waals surface area contributed by atoms with E-state index in [1.54, 1.807) is 0 Å². The molecular weight excluding hydrogens is 1020 g/mol. The Kier molecular flexibility index (Phi) is 16.5. The predicted molar refractivity (Wildman–Crippen MR) is 259 cm³/mol. The molecule has 28 atom stereocenters. The fourth-order valence-electron chi connectivity index (χ4n) is 16.3. The van der Waals surface area contributed by atoms with Crippen molar-refractivity contribution in [3.8, 4) is 0 Å². The lowest BCUT2D eigenvalue weighted by Gasteiger charge is -2.71. The van der Waals surface area contributed by atoms with Gasteiger partial charge in [-0.2, -0.15) is 0 Å². The summed E-state index contributed by atoms with van der Waals surface area (Å²) in [5.74, 6) is -2.05. The fraction of sp³-hybridized carbons (Fsp3) is 0.925. The second-order valence-electron chi connectivity index (χ2n) is 25.9. The Morgan fingerprint density at radius 3 is 1.64 bits per heavy atom. The fourth-order valence-corrected chi connectivity index (χ4v) is 16.3. The van der Waals surface area contributed by atoms with Gasteiger partial charge < -0.3 is 109 Å². The minimum Gasteiger partial charge on any atom is -0.479 e. The van der Waals surface area contributed by atoms with Crippen LogP contribution in [-0.2, 0) is 47.5 Å². The lowest BCUT2D eigenvalue weighted by molar-refractivity contribution is -0.401. The number of ketones is 1. The Morgan fingerprint density at radius 1 is 0.584 bits per heavy atom. The van der Waals surface area contributed by atoms with Crippen molar-refractivity contribution in [3.05, 3.63) is 11.6 Å². The van der Waals surface area contributed by atoms with Crippen molar-refractivity contribution in [3.63, 3.8) is 0 Å². The van der Waals surface area contributed by atoms with E-state index in [-0.39, 0.29) is 33.9 Å². The molecule has 4 aliphatic heterocycles. The van der Waals surface area contributed by atoms with Crippen molar-refractivity contribution in [2.75, 3.05) is 19.8 Å². The lowest BCUT2D eigenvalue weighted by Crippen LogP contribution is -2.69. The molecule has 8 fully saturated rings. The van der Waals surface area contributed by atoms with Gasteiger partial charge in [-0.25, -0.2) is 4.79 Å². The van der Waals surface area contributed by atoms with E-state index < -0.39 is 177 Å². The lowest BCUT2D eigenvalue weighted by atomic mass is 9.34. The van der Waals surface area contributed by atoms with E-state index in [0.717, 1.165) is 12.0 Å². The number of carboxylic acid groups (broad SMARTS) is 1. The van der Waals surface area contributed by atoms with Gasteiger partial charge in [0.25, 0.3) is 0 Å². The number of aliphatic hydroxyl groups excluding tert-OH is 12. The number of Topliss-reactive ketones (excluding diaryl/α,β-unsaturated/α-hetero) is 1. The highest BCUT2D eigenvalue weighted by molar-refractivity contribution is 5.86. The summed E-state index contributed by atoms with van der Waals surface area (Å²) >= 11 is 0. The van der Waals surface area contributed by atoms with E-state index in [2.05, 4.69) is 40.7 Å². The Hall–Kier alpha value is -1.96. The molecule has 4 saturated heterocycles.